The first-order chi connectivity index (χ1) is 4.30. The predicted molar refractivity (Wildman–Crippen MR) is 36.3 cm³/mol. The molecule has 0 saturated carbocycles. The van der Waals surface area contributed by atoms with E-state index in [1.54, 1.807) is 0 Å². The maximum Gasteiger partial charge on any atom is 0.179 e. The monoisotopic (exact) mass is 125 g/mol. The normalized spacial score (nSPS) is 21.0. The second-order valence-electron chi connectivity index (χ2n) is 2.13. The Bertz CT molecular complexity index is 108. The van der Waals surface area contributed by atoms with E-state index in [2.05, 4.69) is 6.58 Å². The first-order valence-corrected chi connectivity index (χ1v) is 3.01. The number of rotatable bonds is 1. The lowest BCUT2D eigenvalue weighted by Crippen LogP contribution is -2.30. The van der Waals surface area contributed by atoms with Crippen LogP contribution in [0.2, 0.25) is 0 Å². The molecule has 0 aliphatic carbocycles. The summed E-state index contributed by atoms with van der Waals surface area (Å²) in [5.41, 5.74) is 0.933. The molecule has 1 aliphatic rings. The van der Waals surface area contributed by atoms with Gasteiger partial charge in [-0.25, -0.2) is 0 Å². The molecule has 1 saturated heterocycles. The molecular weight excluding hydrogens is 115 g/mol. The molecule has 0 N–H and O–H groups in total. The van der Waals surface area contributed by atoms with Crippen LogP contribution < -0.4 is 0 Å². The van der Waals surface area contributed by atoms with Crippen LogP contribution >= 0.6 is 0 Å². The van der Waals surface area contributed by atoms with Crippen molar-refractivity contribution in [2.75, 3.05) is 13.0 Å². The van der Waals surface area contributed by atoms with Gasteiger partial charge >= 0.3 is 0 Å². The second kappa shape index (κ2) is 3.04. The molecule has 9 heavy (non-hydrogen) atoms. The van der Waals surface area contributed by atoms with Crippen LogP contribution in [0.3, 0.4) is 0 Å². The van der Waals surface area contributed by atoms with E-state index in [0.29, 0.717) is 13.0 Å². The Hall–Kier alpha value is -0.275. The summed E-state index contributed by atoms with van der Waals surface area (Å²) in [6.45, 7) is 6.97. The Labute approximate surface area is 56.1 Å². The van der Waals surface area contributed by atoms with Crippen molar-refractivity contribution in [2.45, 2.75) is 13.2 Å². The molecule has 3 heteroatoms. The van der Waals surface area contributed by atoms with E-state index >= 15 is 0 Å². The minimum absolute atomic E-state index is 0.171. The molecule has 1 rings (SSSR count). The third-order valence-corrected chi connectivity index (χ3v) is 1.13. The molecule has 1 radical (unpaired) electrons. The third-order valence-electron chi connectivity index (χ3n) is 1.13. The molecule has 2 nitrogen and oxygen atoms in total. The summed E-state index contributed by atoms with van der Waals surface area (Å²) < 4.78 is 10.3. The van der Waals surface area contributed by atoms with Gasteiger partial charge in [0.25, 0.3) is 0 Å². The highest BCUT2D eigenvalue weighted by Gasteiger charge is 2.14. The zero-order valence-electron chi connectivity index (χ0n) is 5.59. The van der Waals surface area contributed by atoms with Crippen molar-refractivity contribution in [3.8, 4) is 0 Å². The van der Waals surface area contributed by atoms with Crippen molar-refractivity contribution in [3.05, 3.63) is 12.2 Å². The van der Waals surface area contributed by atoms with Crippen LogP contribution in [0.25, 0.3) is 0 Å². The highest BCUT2D eigenvalue weighted by Crippen LogP contribution is 2.07. The van der Waals surface area contributed by atoms with E-state index in [9.17, 15) is 0 Å². The molecule has 0 aromatic carbocycles. The molecule has 0 aromatic heterocycles. The smallest absolute Gasteiger partial charge is 0.179 e. The maximum absolute atomic E-state index is 5.16. The molecule has 1 aliphatic heterocycles. The van der Waals surface area contributed by atoms with E-state index in [4.69, 9.17) is 9.47 Å². The van der Waals surface area contributed by atoms with Gasteiger partial charge in [-0.05, 0) is 12.5 Å². The molecule has 0 amide bonds. The quantitative estimate of drug-likeness (QED) is 0.376. The molecule has 49 valence electrons. The van der Waals surface area contributed by atoms with Crippen molar-refractivity contribution in [3.63, 3.8) is 0 Å². The zero-order chi connectivity index (χ0) is 6.69. The van der Waals surface area contributed by atoms with Crippen LogP contribution in [0.15, 0.2) is 12.2 Å². The predicted octanol–water partition coefficient (Wildman–Crippen LogP) is 0.555. The molecule has 0 atom stereocenters. The number of hydrogen-bond acceptors (Lipinski definition) is 2. The van der Waals surface area contributed by atoms with Crippen LogP contribution in [0.4, 0.5) is 0 Å². The lowest BCUT2D eigenvalue weighted by atomic mass is 9.81. The Morgan fingerprint density at radius 2 is 2.11 bits per heavy atom. The zero-order valence-corrected chi connectivity index (χ0v) is 5.59. The summed E-state index contributed by atoms with van der Waals surface area (Å²) in [6, 6.07) is 0. The van der Waals surface area contributed by atoms with Crippen LogP contribution in [-0.2, 0) is 9.47 Å². The third kappa shape index (κ3) is 1.84. The highest BCUT2D eigenvalue weighted by atomic mass is 16.7. The summed E-state index contributed by atoms with van der Waals surface area (Å²) in [5.74, 6) is 0. The average Bonchev–Trinajstić information content (AvgIpc) is 1.90. The molecule has 1 fully saturated rings. The average molecular weight is 125 g/mol. The topological polar surface area (TPSA) is 18.5 Å². The molecule has 0 unspecified atom stereocenters. The molecular formula is C6H10BO2. The molecule has 0 spiro atoms. The van der Waals surface area contributed by atoms with E-state index < -0.39 is 0 Å². The van der Waals surface area contributed by atoms with Gasteiger partial charge in [0.15, 0.2) is 13.6 Å². The van der Waals surface area contributed by atoms with E-state index in [1.165, 1.54) is 0 Å². The molecule has 0 aromatic rings. The summed E-state index contributed by atoms with van der Waals surface area (Å²) in [4.78, 5) is 0. The van der Waals surface area contributed by atoms with Gasteiger partial charge < -0.3 is 9.47 Å². The van der Waals surface area contributed by atoms with Gasteiger partial charge in [0.05, 0.1) is 0 Å². The first-order valence-electron chi connectivity index (χ1n) is 3.01. The van der Waals surface area contributed by atoms with Crippen molar-refractivity contribution in [2.24, 2.45) is 0 Å². The summed E-state index contributed by atoms with van der Waals surface area (Å²) in [5, 5.41) is 0. The van der Waals surface area contributed by atoms with Gasteiger partial charge in [0, 0.05) is 13.0 Å². The Morgan fingerprint density at radius 1 is 1.56 bits per heavy atom. The van der Waals surface area contributed by atoms with Crippen molar-refractivity contribution in [1.29, 1.82) is 0 Å². The summed E-state index contributed by atoms with van der Waals surface area (Å²) >= 11 is 0. The highest BCUT2D eigenvalue weighted by molar-refractivity contribution is 6.35. The fourth-order valence-electron chi connectivity index (χ4n) is 0.692. The molecule has 0 bridgehead atoms. The minimum atomic E-state index is -0.171. The van der Waals surface area contributed by atoms with Crippen LogP contribution in [0.1, 0.15) is 6.92 Å². The molecule has 1 heterocycles. The van der Waals surface area contributed by atoms with Gasteiger partial charge in [-0.2, -0.15) is 0 Å². The summed E-state index contributed by atoms with van der Waals surface area (Å²) in [6.07, 6.45) is -0.171. The van der Waals surface area contributed by atoms with Crippen LogP contribution in [-0.4, -0.2) is 26.6 Å². The first kappa shape index (κ1) is 6.84. The SMILES string of the molecule is C=C(C)C1OC[B]CO1. The van der Waals surface area contributed by atoms with E-state index in [-0.39, 0.29) is 6.29 Å². The van der Waals surface area contributed by atoms with Gasteiger partial charge in [0.2, 0.25) is 0 Å². The maximum atomic E-state index is 5.16. The van der Waals surface area contributed by atoms with Crippen LogP contribution in [0, 0.1) is 0 Å². The fraction of sp³-hybridized carbons (Fsp3) is 0.667. The van der Waals surface area contributed by atoms with Gasteiger partial charge in [-0.3, -0.25) is 0 Å². The Kier molecular flexibility index (Phi) is 2.31. The largest absolute Gasteiger partial charge is 0.358 e. The standard InChI is InChI=1S/C6H10BO2/c1-5(2)6-8-3-7-4-9-6/h6H,1,3-4H2,2H3. The van der Waals surface area contributed by atoms with E-state index in [0.717, 1.165) is 5.57 Å². The number of hydrogen-bond donors (Lipinski definition) is 0. The lowest BCUT2D eigenvalue weighted by Gasteiger charge is -2.22. The number of ether oxygens (including phenoxy) is 2. The van der Waals surface area contributed by atoms with Crippen molar-refractivity contribution in [1.82, 2.24) is 0 Å². The van der Waals surface area contributed by atoms with Gasteiger partial charge in [0.1, 0.15) is 0 Å². The van der Waals surface area contributed by atoms with Crippen molar-refractivity contribution >= 4 is 7.28 Å². The second-order valence-corrected chi connectivity index (χ2v) is 2.13. The van der Waals surface area contributed by atoms with E-state index in [1.807, 2.05) is 14.2 Å². The fourth-order valence-corrected chi connectivity index (χ4v) is 0.692. The lowest BCUT2D eigenvalue weighted by molar-refractivity contribution is -0.106. The van der Waals surface area contributed by atoms with Crippen molar-refractivity contribution < 1.29 is 9.47 Å². The Morgan fingerprint density at radius 3 is 2.44 bits per heavy atom. The summed E-state index contributed by atoms with van der Waals surface area (Å²) in [7, 11) is 1.94. The minimum Gasteiger partial charge on any atom is -0.358 e. The van der Waals surface area contributed by atoms with Crippen LogP contribution in [0.5, 0.6) is 0 Å². The van der Waals surface area contributed by atoms with Gasteiger partial charge in [-0.15, -0.1) is 0 Å². The van der Waals surface area contributed by atoms with Gasteiger partial charge in [-0.1, -0.05) is 6.58 Å². The Balaban J connectivity index is 2.31.